The van der Waals surface area contributed by atoms with E-state index < -0.39 is 24.5 Å². The number of amides is 4. The second kappa shape index (κ2) is 11.3. The van der Waals surface area contributed by atoms with Gasteiger partial charge in [0.05, 0.1) is 16.8 Å². The van der Waals surface area contributed by atoms with Crippen molar-refractivity contribution in [2.24, 2.45) is 5.73 Å². The van der Waals surface area contributed by atoms with Crippen LogP contribution in [0.3, 0.4) is 0 Å². The fraction of sp³-hybridized carbons (Fsp3) is 0.120. The largest absolute Gasteiger partial charge is 0.452 e. The van der Waals surface area contributed by atoms with Crippen molar-refractivity contribution >= 4 is 35.2 Å². The molecule has 0 saturated heterocycles. The zero-order valence-corrected chi connectivity index (χ0v) is 18.5. The van der Waals surface area contributed by atoms with Gasteiger partial charge in [0, 0.05) is 12.2 Å². The van der Waals surface area contributed by atoms with Gasteiger partial charge in [0.1, 0.15) is 0 Å². The Morgan fingerprint density at radius 3 is 2.21 bits per heavy atom. The number of hydrogen-bond acceptors (Lipinski definition) is 5. The van der Waals surface area contributed by atoms with Gasteiger partial charge in [-0.1, -0.05) is 42.0 Å². The maximum absolute atomic E-state index is 12.7. The van der Waals surface area contributed by atoms with E-state index in [-0.39, 0.29) is 17.0 Å². The monoisotopic (exact) mass is 460 g/mol. The molecule has 5 N–H and O–H groups in total. The maximum atomic E-state index is 12.7. The number of carbonyl (C=O) groups is 4. The molecule has 0 fully saturated rings. The molecule has 4 amide bonds. The summed E-state index contributed by atoms with van der Waals surface area (Å²) < 4.78 is 5.03. The van der Waals surface area contributed by atoms with Crippen LogP contribution in [-0.4, -0.2) is 30.4 Å². The molecule has 0 aliphatic carbocycles. The topological polar surface area (TPSA) is 140 Å². The summed E-state index contributed by atoms with van der Waals surface area (Å²) in [4.78, 5) is 48.0. The van der Waals surface area contributed by atoms with Gasteiger partial charge in [-0.3, -0.25) is 9.59 Å². The van der Waals surface area contributed by atoms with Gasteiger partial charge >= 0.3 is 12.0 Å². The molecule has 0 aliphatic heterocycles. The lowest BCUT2D eigenvalue weighted by atomic mass is 10.1. The Bertz CT molecular complexity index is 1190. The van der Waals surface area contributed by atoms with Crippen molar-refractivity contribution in [2.75, 3.05) is 17.2 Å². The van der Waals surface area contributed by atoms with Crippen LogP contribution in [0.4, 0.5) is 16.2 Å². The second-order valence-electron chi connectivity index (χ2n) is 7.40. The quantitative estimate of drug-likeness (QED) is 0.382. The van der Waals surface area contributed by atoms with Crippen LogP contribution in [-0.2, 0) is 16.1 Å². The molecule has 0 bridgehead atoms. The molecule has 0 unspecified atom stereocenters. The number of primary amides is 1. The molecular formula is C25H24N4O5. The normalized spacial score (nSPS) is 10.1. The summed E-state index contributed by atoms with van der Waals surface area (Å²) >= 11 is 0. The van der Waals surface area contributed by atoms with Gasteiger partial charge in [0.25, 0.3) is 11.8 Å². The zero-order chi connectivity index (χ0) is 24.5. The maximum Gasteiger partial charge on any atom is 0.338 e. The average molecular weight is 460 g/mol. The van der Waals surface area contributed by atoms with Gasteiger partial charge < -0.3 is 26.4 Å². The third-order valence-corrected chi connectivity index (χ3v) is 4.74. The molecule has 3 rings (SSSR count). The Labute approximate surface area is 196 Å². The number of urea groups is 1. The van der Waals surface area contributed by atoms with Gasteiger partial charge in [0.2, 0.25) is 0 Å². The lowest BCUT2D eigenvalue weighted by Gasteiger charge is -2.12. The van der Waals surface area contributed by atoms with Crippen molar-refractivity contribution in [1.82, 2.24) is 5.32 Å². The number of rotatable bonds is 8. The van der Waals surface area contributed by atoms with Gasteiger partial charge in [-0.2, -0.15) is 0 Å². The van der Waals surface area contributed by atoms with Crippen LogP contribution in [0.5, 0.6) is 0 Å². The molecule has 0 saturated carbocycles. The van der Waals surface area contributed by atoms with Crippen LogP contribution in [0, 0.1) is 6.92 Å². The van der Waals surface area contributed by atoms with Gasteiger partial charge in [0.15, 0.2) is 6.61 Å². The molecule has 0 heterocycles. The highest BCUT2D eigenvalue weighted by Crippen LogP contribution is 2.16. The number of esters is 1. The third kappa shape index (κ3) is 6.92. The Morgan fingerprint density at radius 2 is 1.53 bits per heavy atom. The molecule has 0 atom stereocenters. The Kier molecular flexibility index (Phi) is 7.96. The van der Waals surface area contributed by atoms with Crippen LogP contribution < -0.4 is 21.7 Å². The van der Waals surface area contributed by atoms with Gasteiger partial charge in [-0.05, 0) is 48.9 Å². The summed E-state index contributed by atoms with van der Waals surface area (Å²) in [5, 5.41) is 7.80. The van der Waals surface area contributed by atoms with E-state index in [1.807, 2.05) is 31.2 Å². The molecule has 9 heteroatoms. The first-order valence-electron chi connectivity index (χ1n) is 10.4. The van der Waals surface area contributed by atoms with E-state index in [1.54, 1.807) is 24.3 Å². The molecule has 34 heavy (non-hydrogen) atoms. The molecular weight excluding hydrogens is 436 g/mol. The predicted molar refractivity (Wildman–Crippen MR) is 127 cm³/mol. The number of benzene rings is 3. The zero-order valence-electron chi connectivity index (χ0n) is 18.5. The highest BCUT2D eigenvalue weighted by atomic mass is 16.5. The first-order chi connectivity index (χ1) is 16.3. The number of hydrogen-bond donors (Lipinski definition) is 4. The predicted octanol–water partition coefficient (Wildman–Crippen LogP) is 3.21. The van der Waals surface area contributed by atoms with E-state index in [1.165, 1.54) is 24.3 Å². The second-order valence-corrected chi connectivity index (χ2v) is 7.40. The highest BCUT2D eigenvalue weighted by Gasteiger charge is 2.15. The van der Waals surface area contributed by atoms with Crippen LogP contribution in [0.15, 0.2) is 72.8 Å². The van der Waals surface area contributed by atoms with Crippen molar-refractivity contribution in [2.45, 2.75) is 13.5 Å². The number of aryl methyl sites for hydroxylation is 1. The minimum absolute atomic E-state index is 0.193. The van der Waals surface area contributed by atoms with Gasteiger partial charge in [-0.15, -0.1) is 0 Å². The van der Waals surface area contributed by atoms with E-state index in [0.29, 0.717) is 17.9 Å². The minimum Gasteiger partial charge on any atom is -0.452 e. The van der Waals surface area contributed by atoms with Crippen LogP contribution >= 0.6 is 0 Å². The fourth-order valence-corrected chi connectivity index (χ4v) is 3.01. The highest BCUT2D eigenvalue weighted by molar-refractivity contribution is 6.04. The van der Waals surface area contributed by atoms with Gasteiger partial charge in [-0.25, -0.2) is 9.59 Å². The SMILES string of the molecule is Cc1ccc(CNC(=O)c2ccccc2NC(=O)COC(=O)c2ccc(NC(N)=O)cc2)cc1. The lowest BCUT2D eigenvalue weighted by Crippen LogP contribution is -2.26. The average Bonchev–Trinajstić information content (AvgIpc) is 2.82. The lowest BCUT2D eigenvalue weighted by molar-refractivity contribution is -0.119. The fourth-order valence-electron chi connectivity index (χ4n) is 3.01. The van der Waals surface area contributed by atoms with Crippen molar-refractivity contribution in [3.8, 4) is 0 Å². The number of anilines is 2. The number of ether oxygens (including phenoxy) is 1. The molecule has 0 radical (unpaired) electrons. The minimum atomic E-state index is -0.726. The molecule has 3 aromatic rings. The van der Waals surface area contributed by atoms with E-state index >= 15 is 0 Å². The third-order valence-electron chi connectivity index (χ3n) is 4.74. The summed E-state index contributed by atoms with van der Waals surface area (Å²) in [5.41, 5.74) is 8.30. The van der Waals surface area contributed by atoms with Crippen LogP contribution in [0.25, 0.3) is 0 Å². The number of nitrogens with two attached hydrogens (primary N) is 1. The first kappa shape index (κ1) is 24.0. The number of para-hydroxylation sites is 1. The molecule has 0 aromatic heterocycles. The van der Waals surface area contributed by atoms with E-state index in [2.05, 4.69) is 16.0 Å². The van der Waals surface area contributed by atoms with Crippen LogP contribution in [0.2, 0.25) is 0 Å². The van der Waals surface area contributed by atoms with Crippen molar-refractivity contribution < 1.29 is 23.9 Å². The van der Waals surface area contributed by atoms with E-state index in [4.69, 9.17) is 10.5 Å². The first-order valence-corrected chi connectivity index (χ1v) is 10.4. The van der Waals surface area contributed by atoms with E-state index in [9.17, 15) is 19.2 Å². The summed E-state index contributed by atoms with van der Waals surface area (Å²) in [6.07, 6.45) is 0. The standard InChI is InChI=1S/C25H24N4O5/c1-16-6-8-17(9-7-16)14-27-23(31)20-4-2-3-5-21(20)29-22(30)15-34-24(32)18-10-12-19(13-11-18)28-25(26)33/h2-13H,14-15H2,1H3,(H,27,31)(H,29,30)(H3,26,28,33). The molecule has 9 nitrogen and oxygen atoms in total. The summed E-state index contributed by atoms with van der Waals surface area (Å²) in [6.45, 7) is 1.78. The Balaban J connectivity index is 1.54. The van der Waals surface area contributed by atoms with E-state index in [0.717, 1.165) is 11.1 Å². The Morgan fingerprint density at radius 1 is 0.853 bits per heavy atom. The van der Waals surface area contributed by atoms with Crippen molar-refractivity contribution in [1.29, 1.82) is 0 Å². The van der Waals surface area contributed by atoms with Crippen molar-refractivity contribution in [3.63, 3.8) is 0 Å². The molecule has 174 valence electrons. The number of carbonyl (C=O) groups excluding carboxylic acids is 4. The molecule has 0 spiro atoms. The summed E-state index contributed by atoms with van der Waals surface area (Å²) in [7, 11) is 0. The Hall–Kier alpha value is -4.66. The summed E-state index contributed by atoms with van der Waals surface area (Å²) in [6, 6.07) is 19.4. The summed E-state index contributed by atoms with van der Waals surface area (Å²) in [5.74, 6) is -1.66. The van der Waals surface area contributed by atoms with Crippen molar-refractivity contribution in [3.05, 3.63) is 95.1 Å². The van der Waals surface area contributed by atoms with Crippen LogP contribution in [0.1, 0.15) is 31.8 Å². The number of nitrogens with one attached hydrogen (secondary N) is 3. The molecule has 0 aliphatic rings. The molecule has 3 aromatic carbocycles. The smallest absolute Gasteiger partial charge is 0.338 e.